The highest BCUT2D eigenvalue weighted by Gasteiger charge is 2.18. The molecular weight excluding hydrogens is 392 g/mol. The smallest absolute Gasteiger partial charge is 0.203 e. The Balaban J connectivity index is 1.88. The van der Waals surface area contributed by atoms with Crippen molar-refractivity contribution >= 4 is 22.8 Å². The van der Waals surface area contributed by atoms with Crippen LogP contribution in [-0.2, 0) is 6.54 Å². The lowest BCUT2D eigenvalue weighted by Crippen LogP contribution is -2.17. The highest BCUT2D eigenvalue weighted by atomic mass is 16.5. The summed E-state index contributed by atoms with van der Waals surface area (Å²) in [6.45, 7) is 3.73. The van der Waals surface area contributed by atoms with Crippen LogP contribution in [0.1, 0.15) is 22.8 Å². The highest BCUT2D eigenvalue weighted by Crippen LogP contribution is 2.38. The van der Waals surface area contributed by atoms with Crippen LogP contribution in [0.15, 0.2) is 48.2 Å². The number of nitrogens with zero attached hydrogens (tertiary/aromatic N) is 2. The molecule has 0 fully saturated rings. The fourth-order valence-corrected chi connectivity index (χ4v) is 3.57. The van der Waals surface area contributed by atoms with Crippen molar-refractivity contribution in [1.29, 1.82) is 0 Å². The normalized spacial score (nSPS) is 11.8. The maximum absolute atomic E-state index is 13.1. The molecule has 6 nitrogen and oxygen atoms in total. The van der Waals surface area contributed by atoms with Gasteiger partial charge in [-0.15, -0.1) is 0 Å². The van der Waals surface area contributed by atoms with Gasteiger partial charge >= 0.3 is 0 Å². The molecule has 0 amide bonds. The first-order valence-electron chi connectivity index (χ1n) is 10.1. The number of likely N-dealkylation sites (N-methyl/N-ethyl adjacent to an activating group) is 1. The standard InChI is InChI=1S/C25H30N2O4/c1-17(24(28)20-15-22(29-4)25(31-6)23(16-20)30-5)13-18-7-8-21-19(14-18)9-10-27(21)12-11-26(2)3/h7-10,13-16H,11-12H2,1-6H3. The maximum Gasteiger partial charge on any atom is 0.203 e. The van der Waals surface area contributed by atoms with E-state index in [1.54, 1.807) is 12.1 Å². The number of methoxy groups -OCH3 is 3. The number of benzene rings is 2. The monoisotopic (exact) mass is 422 g/mol. The number of fused-ring (bicyclic) bond motifs is 1. The van der Waals surface area contributed by atoms with Crippen LogP contribution in [0.5, 0.6) is 17.2 Å². The average molecular weight is 423 g/mol. The van der Waals surface area contributed by atoms with Gasteiger partial charge in [0.1, 0.15) is 0 Å². The number of aromatic nitrogens is 1. The molecule has 0 saturated heterocycles. The Morgan fingerprint density at radius 2 is 1.68 bits per heavy atom. The van der Waals surface area contributed by atoms with E-state index >= 15 is 0 Å². The average Bonchev–Trinajstić information content (AvgIpc) is 3.18. The van der Waals surface area contributed by atoms with Crippen molar-refractivity contribution < 1.29 is 19.0 Å². The van der Waals surface area contributed by atoms with Crippen LogP contribution in [0.2, 0.25) is 0 Å². The summed E-state index contributed by atoms with van der Waals surface area (Å²) in [5.41, 5.74) is 3.28. The fraction of sp³-hybridized carbons (Fsp3) is 0.320. The van der Waals surface area contributed by atoms with Gasteiger partial charge in [-0.05, 0) is 68.6 Å². The molecule has 0 aliphatic heterocycles. The highest BCUT2D eigenvalue weighted by molar-refractivity contribution is 6.11. The van der Waals surface area contributed by atoms with E-state index in [-0.39, 0.29) is 5.78 Å². The number of carbonyl (C=O) groups excluding carboxylic acids is 1. The number of rotatable bonds is 9. The van der Waals surface area contributed by atoms with Crippen molar-refractivity contribution in [3.8, 4) is 17.2 Å². The molecular formula is C25H30N2O4. The summed E-state index contributed by atoms with van der Waals surface area (Å²) < 4.78 is 18.3. The fourth-order valence-electron chi connectivity index (χ4n) is 3.57. The predicted octanol–water partition coefficient (Wildman–Crippen LogP) is 4.51. The molecule has 0 radical (unpaired) electrons. The summed E-state index contributed by atoms with van der Waals surface area (Å²) in [5, 5.41) is 1.15. The van der Waals surface area contributed by atoms with Gasteiger partial charge in [0.2, 0.25) is 5.75 Å². The van der Waals surface area contributed by atoms with Gasteiger partial charge in [0.05, 0.1) is 21.3 Å². The molecule has 6 heteroatoms. The second kappa shape index (κ2) is 9.71. The number of Topliss-reactive ketones (excluding diaryl/α,β-unsaturated/α-hetero) is 1. The molecule has 1 heterocycles. The number of allylic oxidation sites excluding steroid dienone is 1. The Kier molecular flexibility index (Phi) is 7.02. The molecule has 0 unspecified atom stereocenters. The number of ketones is 1. The Morgan fingerprint density at radius 3 is 2.26 bits per heavy atom. The van der Waals surface area contributed by atoms with Gasteiger partial charge in [-0.2, -0.15) is 0 Å². The van der Waals surface area contributed by atoms with E-state index < -0.39 is 0 Å². The molecule has 164 valence electrons. The van der Waals surface area contributed by atoms with Crippen LogP contribution in [0.3, 0.4) is 0 Å². The number of ether oxygens (including phenoxy) is 3. The molecule has 0 spiro atoms. The molecule has 1 aromatic heterocycles. The van der Waals surface area contributed by atoms with Gasteiger partial charge in [-0.3, -0.25) is 4.79 Å². The van der Waals surface area contributed by atoms with E-state index in [0.717, 1.165) is 24.0 Å². The van der Waals surface area contributed by atoms with Gasteiger partial charge < -0.3 is 23.7 Å². The minimum atomic E-state index is -0.0945. The van der Waals surface area contributed by atoms with Crippen LogP contribution in [0, 0.1) is 0 Å². The van der Waals surface area contributed by atoms with Gasteiger partial charge in [0.25, 0.3) is 0 Å². The predicted molar refractivity (Wildman–Crippen MR) is 125 cm³/mol. The third-order valence-corrected chi connectivity index (χ3v) is 5.25. The summed E-state index contributed by atoms with van der Waals surface area (Å²) in [5.74, 6) is 1.28. The van der Waals surface area contributed by atoms with E-state index in [1.807, 2.05) is 19.1 Å². The Hall–Kier alpha value is -3.25. The van der Waals surface area contributed by atoms with E-state index in [2.05, 4.69) is 48.0 Å². The topological polar surface area (TPSA) is 52.9 Å². The van der Waals surface area contributed by atoms with Gasteiger partial charge in [-0.25, -0.2) is 0 Å². The van der Waals surface area contributed by atoms with Gasteiger partial charge in [-0.1, -0.05) is 6.07 Å². The minimum absolute atomic E-state index is 0.0945. The third-order valence-electron chi connectivity index (χ3n) is 5.25. The van der Waals surface area contributed by atoms with Crippen LogP contribution in [-0.4, -0.2) is 57.2 Å². The van der Waals surface area contributed by atoms with Gasteiger partial charge in [0, 0.05) is 35.8 Å². The lowest BCUT2D eigenvalue weighted by Gasteiger charge is -2.14. The van der Waals surface area contributed by atoms with Crippen LogP contribution >= 0.6 is 0 Å². The summed E-state index contributed by atoms with van der Waals surface area (Å²) in [6.07, 6.45) is 4.01. The van der Waals surface area contributed by atoms with Gasteiger partial charge in [0.15, 0.2) is 17.3 Å². The first-order valence-corrected chi connectivity index (χ1v) is 10.1. The molecule has 0 N–H and O–H groups in total. The summed E-state index contributed by atoms with van der Waals surface area (Å²) in [4.78, 5) is 15.2. The summed E-state index contributed by atoms with van der Waals surface area (Å²) in [7, 11) is 8.75. The second-order valence-corrected chi connectivity index (χ2v) is 7.70. The summed E-state index contributed by atoms with van der Waals surface area (Å²) in [6, 6.07) is 11.7. The second-order valence-electron chi connectivity index (χ2n) is 7.70. The molecule has 3 rings (SSSR count). The van der Waals surface area contributed by atoms with Crippen LogP contribution in [0.25, 0.3) is 17.0 Å². The largest absolute Gasteiger partial charge is 0.493 e. The van der Waals surface area contributed by atoms with Crippen molar-refractivity contribution in [1.82, 2.24) is 9.47 Å². The summed E-state index contributed by atoms with van der Waals surface area (Å²) >= 11 is 0. The van der Waals surface area contributed by atoms with E-state index in [0.29, 0.717) is 28.4 Å². The van der Waals surface area contributed by atoms with Crippen molar-refractivity contribution in [2.24, 2.45) is 0 Å². The van der Waals surface area contributed by atoms with Crippen LogP contribution in [0.4, 0.5) is 0 Å². The van der Waals surface area contributed by atoms with Crippen LogP contribution < -0.4 is 14.2 Å². The molecule has 0 aliphatic carbocycles. The first-order chi connectivity index (χ1) is 14.9. The SMILES string of the molecule is COc1cc(C(=O)C(C)=Cc2ccc3c(ccn3CCN(C)C)c2)cc(OC)c1OC. The first kappa shape index (κ1) is 22.4. The lowest BCUT2D eigenvalue weighted by atomic mass is 10.0. The van der Waals surface area contributed by atoms with E-state index in [9.17, 15) is 4.79 Å². The van der Waals surface area contributed by atoms with E-state index in [1.165, 1.54) is 26.8 Å². The molecule has 0 aliphatic rings. The quantitative estimate of drug-likeness (QED) is 0.375. The zero-order valence-corrected chi connectivity index (χ0v) is 19.1. The zero-order chi connectivity index (χ0) is 22.5. The molecule has 0 bridgehead atoms. The molecule has 0 saturated carbocycles. The van der Waals surface area contributed by atoms with E-state index in [4.69, 9.17) is 14.2 Å². The zero-order valence-electron chi connectivity index (χ0n) is 19.1. The Bertz CT molecular complexity index is 1090. The van der Waals surface area contributed by atoms with Crippen molar-refractivity contribution in [3.05, 3.63) is 59.3 Å². The third kappa shape index (κ3) is 4.91. The van der Waals surface area contributed by atoms with Crippen molar-refractivity contribution in [2.45, 2.75) is 13.5 Å². The minimum Gasteiger partial charge on any atom is -0.493 e. The molecule has 31 heavy (non-hydrogen) atoms. The Morgan fingerprint density at radius 1 is 1.00 bits per heavy atom. The Labute approximate surface area is 183 Å². The van der Waals surface area contributed by atoms with Crippen molar-refractivity contribution in [2.75, 3.05) is 42.0 Å². The number of hydrogen-bond donors (Lipinski definition) is 0. The lowest BCUT2D eigenvalue weighted by molar-refractivity contribution is 0.103. The van der Waals surface area contributed by atoms with Crippen molar-refractivity contribution in [3.63, 3.8) is 0 Å². The molecule has 2 aromatic carbocycles. The number of hydrogen-bond acceptors (Lipinski definition) is 5. The number of carbonyl (C=O) groups is 1. The molecule has 3 aromatic rings. The molecule has 0 atom stereocenters. The maximum atomic E-state index is 13.1.